The number of hydrogen-bond acceptors (Lipinski definition) is 3. The summed E-state index contributed by atoms with van der Waals surface area (Å²) in [5.74, 6) is -0.411. The maximum atomic E-state index is 12.8. The monoisotopic (exact) mass is 303 g/mol. The van der Waals surface area contributed by atoms with Crippen molar-refractivity contribution >= 4 is 11.5 Å². The van der Waals surface area contributed by atoms with E-state index in [1.807, 2.05) is 18.7 Å². The molecule has 118 valence electrons. The maximum absolute atomic E-state index is 12.8. The van der Waals surface area contributed by atoms with Crippen LogP contribution in [0.25, 0.3) is 0 Å². The molecule has 4 nitrogen and oxygen atoms in total. The Morgan fingerprint density at radius 3 is 2.43 bits per heavy atom. The Bertz CT molecular complexity index is 501. The number of nitrogens with two attached hydrogens (primary N) is 1. The van der Waals surface area contributed by atoms with Gasteiger partial charge in [0.15, 0.2) is 0 Å². The number of hydrogen-bond donors (Lipinski definition) is 3. The molecule has 0 saturated heterocycles. The fourth-order valence-electron chi connectivity index (χ4n) is 2.08. The summed E-state index contributed by atoms with van der Waals surface area (Å²) in [6.45, 7) is 4.23. The molecular formula is C14H20F3N3O. The molecule has 1 aromatic rings. The van der Waals surface area contributed by atoms with E-state index in [1.165, 1.54) is 6.07 Å². The number of amidine groups is 1. The predicted molar refractivity (Wildman–Crippen MR) is 76.6 cm³/mol. The number of benzene rings is 1. The Kier molecular flexibility index (Phi) is 5.60. The minimum Gasteiger partial charge on any atom is -0.396 e. The van der Waals surface area contributed by atoms with Gasteiger partial charge in [-0.25, -0.2) is 0 Å². The second-order valence-electron chi connectivity index (χ2n) is 5.01. The summed E-state index contributed by atoms with van der Waals surface area (Å²) in [6, 6.07) is 3.21. The number of aliphatic hydroxyl groups is 1. The number of rotatable bonds is 6. The van der Waals surface area contributed by atoms with Gasteiger partial charge in [-0.15, -0.1) is 0 Å². The van der Waals surface area contributed by atoms with Crippen LogP contribution in [-0.2, 0) is 6.18 Å². The van der Waals surface area contributed by atoms with Crippen molar-refractivity contribution in [3.8, 4) is 0 Å². The van der Waals surface area contributed by atoms with Gasteiger partial charge < -0.3 is 15.7 Å². The van der Waals surface area contributed by atoms with Crippen LogP contribution in [0.2, 0.25) is 0 Å². The van der Waals surface area contributed by atoms with Gasteiger partial charge in [0.25, 0.3) is 0 Å². The van der Waals surface area contributed by atoms with Gasteiger partial charge >= 0.3 is 6.18 Å². The fraction of sp³-hybridized carbons (Fsp3) is 0.500. The van der Waals surface area contributed by atoms with Gasteiger partial charge in [0.2, 0.25) is 0 Å². The van der Waals surface area contributed by atoms with Crippen LogP contribution in [0.5, 0.6) is 0 Å². The van der Waals surface area contributed by atoms with Gasteiger partial charge in [0.05, 0.1) is 5.56 Å². The lowest BCUT2D eigenvalue weighted by atomic mass is 10.0. The van der Waals surface area contributed by atoms with E-state index in [4.69, 9.17) is 16.2 Å². The molecule has 0 unspecified atom stereocenters. The lowest BCUT2D eigenvalue weighted by molar-refractivity contribution is -0.137. The molecule has 0 bridgehead atoms. The number of aliphatic hydroxyl groups excluding tert-OH is 1. The van der Waals surface area contributed by atoms with Gasteiger partial charge in [-0.2, -0.15) is 13.2 Å². The number of nitrogens with zero attached hydrogens (tertiary/aromatic N) is 1. The SMILES string of the molecule is CC(C)N(CCCO)c1ccc(C(F)(F)F)cc1C(=N)N. The fourth-order valence-corrected chi connectivity index (χ4v) is 2.08. The minimum atomic E-state index is -4.48. The van der Waals surface area contributed by atoms with Crippen LogP contribution in [-0.4, -0.2) is 30.1 Å². The minimum absolute atomic E-state index is 0.00591. The summed E-state index contributed by atoms with van der Waals surface area (Å²) in [7, 11) is 0. The number of halogens is 3. The third-order valence-electron chi connectivity index (χ3n) is 3.10. The molecule has 0 spiro atoms. The van der Waals surface area contributed by atoms with E-state index in [0.29, 0.717) is 18.7 Å². The Hall–Kier alpha value is -1.76. The highest BCUT2D eigenvalue weighted by Crippen LogP contribution is 2.33. The van der Waals surface area contributed by atoms with Crippen molar-refractivity contribution in [3.05, 3.63) is 29.3 Å². The van der Waals surface area contributed by atoms with Crippen molar-refractivity contribution in [1.29, 1.82) is 5.41 Å². The van der Waals surface area contributed by atoms with Crippen molar-refractivity contribution in [3.63, 3.8) is 0 Å². The van der Waals surface area contributed by atoms with E-state index in [1.54, 1.807) is 0 Å². The average molecular weight is 303 g/mol. The summed E-state index contributed by atoms with van der Waals surface area (Å²) >= 11 is 0. The molecule has 7 heteroatoms. The zero-order valence-corrected chi connectivity index (χ0v) is 12.0. The summed E-state index contributed by atoms with van der Waals surface area (Å²) < 4.78 is 38.3. The molecule has 0 heterocycles. The average Bonchev–Trinajstić information content (AvgIpc) is 2.37. The molecule has 4 N–H and O–H groups in total. The molecule has 1 aromatic carbocycles. The van der Waals surface area contributed by atoms with Gasteiger partial charge in [0, 0.05) is 30.4 Å². The number of alkyl halides is 3. The Balaban J connectivity index is 3.30. The zero-order chi connectivity index (χ0) is 16.2. The Labute approximate surface area is 121 Å². The number of anilines is 1. The number of nitrogens with one attached hydrogen (secondary N) is 1. The van der Waals surface area contributed by atoms with Crippen LogP contribution in [0, 0.1) is 5.41 Å². The van der Waals surface area contributed by atoms with Crippen molar-refractivity contribution in [2.24, 2.45) is 5.73 Å². The highest BCUT2D eigenvalue weighted by molar-refractivity contribution is 6.00. The second kappa shape index (κ2) is 6.80. The quantitative estimate of drug-likeness (QED) is 0.558. The van der Waals surface area contributed by atoms with E-state index in [9.17, 15) is 13.2 Å². The topological polar surface area (TPSA) is 73.3 Å². The molecule has 0 atom stereocenters. The molecule has 0 aromatic heterocycles. The van der Waals surface area contributed by atoms with Crippen molar-refractivity contribution in [2.75, 3.05) is 18.1 Å². The van der Waals surface area contributed by atoms with E-state index in [0.717, 1.165) is 12.1 Å². The third-order valence-corrected chi connectivity index (χ3v) is 3.10. The molecule has 0 aliphatic carbocycles. The highest BCUT2D eigenvalue weighted by atomic mass is 19.4. The van der Waals surface area contributed by atoms with Crippen molar-refractivity contribution in [2.45, 2.75) is 32.5 Å². The lowest BCUT2D eigenvalue weighted by Crippen LogP contribution is -2.34. The van der Waals surface area contributed by atoms with E-state index < -0.39 is 17.6 Å². The standard InChI is InChI=1S/C14H20F3N3O/c1-9(2)20(6-3-7-21)12-5-4-10(14(15,16)17)8-11(12)13(18)19/h4-5,8-9,21H,3,6-7H2,1-2H3,(H3,18,19). The third kappa shape index (κ3) is 4.35. The molecule has 0 fully saturated rings. The molecule has 0 aliphatic heterocycles. The van der Waals surface area contributed by atoms with Crippen LogP contribution >= 0.6 is 0 Å². The van der Waals surface area contributed by atoms with Crippen molar-refractivity contribution < 1.29 is 18.3 Å². The van der Waals surface area contributed by atoms with Crippen LogP contribution in [0.1, 0.15) is 31.4 Å². The largest absolute Gasteiger partial charge is 0.416 e. The van der Waals surface area contributed by atoms with Crippen LogP contribution in [0.15, 0.2) is 18.2 Å². The van der Waals surface area contributed by atoms with Gasteiger partial charge in [-0.1, -0.05) is 0 Å². The normalized spacial score (nSPS) is 11.8. The molecule has 0 saturated carbocycles. The molecule has 21 heavy (non-hydrogen) atoms. The molecule has 1 rings (SSSR count). The smallest absolute Gasteiger partial charge is 0.396 e. The Morgan fingerprint density at radius 1 is 1.38 bits per heavy atom. The van der Waals surface area contributed by atoms with Crippen LogP contribution in [0.3, 0.4) is 0 Å². The molecule has 0 aliphatic rings. The lowest BCUT2D eigenvalue weighted by Gasteiger charge is -2.31. The molecule has 0 amide bonds. The first kappa shape index (κ1) is 17.3. The zero-order valence-electron chi connectivity index (χ0n) is 12.0. The second-order valence-corrected chi connectivity index (χ2v) is 5.01. The molecular weight excluding hydrogens is 283 g/mol. The van der Waals surface area contributed by atoms with Gasteiger partial charge in [0.1, 0.15) is 5.84 Å². The molecule has 0 radical (unpaired) electrons. The van der Waals surface area contributed by atoms with Crippen LogP contribution < -0.4 is 10.6 Å². The first-order valence-electron chi connectivity index (χ1n) is 6.61. The van der Waals surface area contributed by atoms with Gasteiger partial charge in [-0.3, -0.25) is 5.41 Å². The first-order valence-corrected chi connectivity index (χ1v) is 6.61. The first-order chi connectivity index (χ1) is 9.68. The number of nitrogen functional groups attached to an aromatic ring is 1. The predicted octanol–water partition coefficient (Wildman–Crippen LogP) is 2.59. The highest BCUT2D eigenvalue weighted by Gasteiger charge is 2.31. The van der Waals surface area contributed by atoms with Crippen LogP contribution in [0.4, 0.5) is 18.9 Å². The summed E-state index contributed by atoms with van der Waals surface area (Å²) in [5, 5.41) is 16.5. The maximum Gasteiger partial charge on any atom is 0.416 e. The van der Waals surface area contributed by atoms with Crippen molar-refractivity contribution in [1.82, 2.24) is 0 Å². The van der Waals surface area contributed by atoms with E-state index >= 15 is 0 Å². The Morgan fingerprint density at radius 2 is 2.00 bits per heavy atom. The van der Waals surface area contributed by atoms with E-state index in [-0.39, 0.29) is 18.2 Å². The summed E-state index contributed by atoms with van der Waals surface area (Å²) in [5.41, 5.74) is 5.13. The summed E-state index contributed by atoms with van der Waals surface area (Å²) in [4.78, 5) is 1.83. The summed E-state index contributed by atoms with van der Waals surface area (Å²) in [6.07, 6.45) is -3.99. The van der Waals surface area contributed by atoms with Gasteiger partial charge in [-0.05, 0) is 38.5 Å². The van der Waals surface area contributed by atoms with E-state index in [2.05, 4.69) is 0 Å².